The second-order valence-corrected chi connectivity index (χ2v) is 6.83. The van der Waals surface area contributed by atoms with Gasteiger partial charge in [-0.15, -0.1) is 0 Å². The maximum Gasteiger partial charge on any atom is 0.339 e. The van der Waals surface area contributed by atoms with E-state index in [0.717, 1.165) is 19.3 Å². The van der Waals surface area contributed by atoms with Crippen molar-refractivity contribution < 1.29 is 19.1 Å². The number of hydrogen-bond donors (Lipinski definition) is 1. The molecule has 1 aliphatic rings. The summed E-state index contributed by atoms with van der Waals surface area (Å²) >= 11 is 0. The van der Waals surface area contributed by atoms with Gasteiger partial charge in [-0.3, -0.25) is 4.79 Å². The maximum atomic E-state index is 13.0. The molecule has 0 aliphatic carbocycles. The molecule has 2 heterocycles. The summed E-state index contributed by atoms with van der Waals surface area (Å²) in [4.78, 5) is 26.2. The summed E-state index contributed by atoms with van der Waals surface area (Å²) in [5.74, 6) is -0.818. The van der Waals surface area contributed by atoms with E-state index in [1.54, 1.807) is 0 Å². The van der Waals surface area contributed by atoms with Crippen molar-refractivity contribution in [1.29, 1.82) is 0 Å². The van der Waals surface area contributed by atoms with Crippen molar-refractivity contribution in [3.05, 3.63) is 59.0 Å². The van der Waals surface area contributed by atoms with Gasteiger partial charge < -0.3 is 14.4 Å². The zero-order valence-electron chi connectivity index (χ0n) is 14.6. The van der Waals surface area contributed by atoms with Gasteiger partial charge in [-0.2, -0.15) is 0 Å². The van der Waals surface area contributed by atoms with Gasteiger partial charge in [0.05, 0.1) is 0 Å². The molecular weight excluding hydrogens is 318 g/mol. The van der Waals surface area contributed by atoms with Crippen LogP contribution in [0.4, 0.5) is 0 Å². The largest absolute Gasteiger partial charge is 0.478 e. The molecule has 0 saturated carbocycles. The van der Waals surface area contributed by atoms with Gasteiger partial charge in [0.1, 0.15) is 11.3 Å². The normalized spacial score (nSPS) is 20.0. The molecule has 3 rings (SSSR count). The number of carbonyl (C=O) groups is 2. The van der Waals surface area contributed by atoms with Crippen LogP contribution in [0.25, 0.3) is 0 Å². The van der Waals surface area contributed by atoms with E-state index in [1.807, 2.05) is 30.0 Å². The van der Waals surface area contributed by atoms with E-state index in [4.69, 9.17) is 4.42 Å². The summed E-state index contributed by atoms with van der Waals surface area (Å²) in [6.07, 6.45) is 3.06. The smallest absolute Gasteiger partial charge is 0.339 e. The lowest BCUT2D eigenvalue weighted by molar-refractivity contribution is 0.0588. The fraction of sp³-hybridized carbons (Fsp3) is 0.400. The Balaban J connectivity index is 1.87. The minimum Gasteiger partial charge on any atom is -0.478 e. The molecule has 1 atom stereocenters. The van der Waals surface area contributed by atoms with Gasteiger partial charge >= 0.3 is 5.97 Å². The van der Waals surface area contributed by atoms with Gasteiger partial charge in [0.2, 0.25) is 0 Å². The van der Waals surface area contributed by atoms with Gasteiger partial charge in [-0.05, 0) is 31.7 Å². The average molecular weight is 341 g/mol. The number of rotatable bonds is 5. The fourth-order valence-electron chi connectivity index (χ4n) is 3.70. The first-order valence-electron chi connectivity index (χ1n) is 8.66. The van der Waals surface area contributed by atoms with Crippen LogP contribution in [0.2, 0.25) is 0 Å². The van der Waals surface area contributed by atoms with Crippen molar-refractivity contribution in [2.45, 2.75) is 45.1 Å². The molecule has 0 bridgehead atoms. The predicted octanol–water partition coefficient (Wildman–Crippen LogP) is 3.78. The Morgan fingerprint density at radius 3 is 2.60 bits per heavy atom. The lowest BCUT2D eigenvalue weighted by atomic mass is 9.90. The van der Waals surface area contributed by atoms with Crippen LogP contribution < -0.4 is 0 Å². The number of amides is 1. The Kier molecular flexibility index (Phi) is 4.66. The standard InChI is InChI=1S/C20H23NO4/c1-3-16-15(19(23)24)12-17(25-16)18(22)21-11-7-10-20(21,2)13-14-8-5-4-6-9-14/h4-6,8-9,12H,3,7,10-11,13H2,1-2H3,(H,23,24). The van der Waals surface area contributed by atoms with Crippen LogP contribution in [-0.2, 0) is 12.8 Å². The van der Waals surface area contributed by atoms with Crippen LogP contribution in [0.5, 0.6) is 0 Å². The van der Waals surface area contributed by atoms with Gasteiger partial charge in [-0.25, -0.2) is 4.79 Å². The molecular formula is C20H23NO4. The van der Waals surface area contributed by atoms with E-state index in [0.29, 0.717) is 18.7 Å². The van der Waals surface area contributed by atoms with E-state index < -0.39 is 5.97 Å². The number of furan rings is 1. The summed E-state index contributed by atoms with van der Waals surface area (Å²) in [5, 5.41) is 9.27. The highest BCUT2D eigenvalue weighted by Gasteiger charge is 2.41. The van der Waals surface area contributed by atoms with Gasteiger partial charge in [-0.1, -0.05) is 37.3 Å². The second kappa shape index (κ2) is 6.75. The summed E-state index contributed by atoms with van der Waals surface area (Å²) < 4.78 is 5.57. The molecule has 2 aromatic rings. The molecule has 1 fully saturated rings. The highest BCUT2D eigenvalue weighted by atomic mass is 16.4. The van der Waals surface area contributed by atoms with Crippen LogP contribution in [0.1, 0.15) is 58.9 Å². The van der Waals surface area contributed by atoms with Gasteiger partial charge in [0, 0.05) is 24.6 Å². The van der Waals surface area contributed by atoms with Crippen LogP contribution in [-0.4, -0.2) is 34.0 Å². The predicted molar refractivity (Wildman–Crippen MR) is 93.9 cm³/mol. The molecule has 1 amide bonds. The molecule has 0 radical (unpaired) electrons. The zero-order chi connectivity index (χ0) is 18.0. The highest BCUT2D eigenvalue weighted by Crippen LogP contribution is 2.34. The van der Waals surface area contributed by atoms with Crippen molar-refractivity contribution in [2.75, 3.05) is 6.54 Å². The molecule has 5 nitrogen and oxygen atoms in total. The Bertz CT molecular complexity index is 780. The number of aryl methyl sites for hydroxylation is 1. The lowest BCUT2D eigenvalue weighted by Crippen LogP contribution is -2.46. The SMILES string of the molecule is CCc1oc(C(=O)N2CCCC2(C)Cc2ccccc2)cc1C(=O)O. The Morgan fingerprint density at radius 1 is 1.28 bits per heavy atom. The van der Waals surface area contributed by atoms with E-state index in [1.165, 1.54) is 11.6 Å². The third-order valence-electron chi connectivity index (χ3n) is 4.99. The molecule has 1 N–H and O–H groups in total. The van der Waals surface area contributed by atoms with E-state index >= 15 is 0 Å². The fourth-order valence-corrected chi connectivity index (χ4v) is 3.70. The molecule has 25 heavy (non-hydrogen) atoms. The van der Waals surface area contributed by atoms with Crippen molar-refractivity contribution in [2.24, 2.45) is 0 Å². The minimum atomic E-state index is -1.06. The molecule has 1 aromatic carbocycles. The molecule has 1 aromatic heterocycles. The zero-order valence-corrected chi connectivity index (χ0v) is 14.6. The topological polar surface area (TPSA) is 70.8 Å². The second-order valence-electron chi connectivity index (χ2n) is 6.83. The minimum absolute atomic E-state index is 0.0785. The number of aromatic carboxylic acids is 1. The number of carboxylic acids is 1. The number of hydrogen-bond acceptors (Lipinski definition) is 3. The number of benzene rings is 1. The number of carbonyl (C=O) groups excluding carboxylic acids is 1. The van der Waals surface area contributed by atoms with Gasteiger partial charge in [0.15, 0.2) is 5.76 Å². The molecule has 0 spiro atoms. The monoisotopic (exact) mass is 341 g/mol. The lowest BCUT2D eigenvalue weighted by Gasteiger charge is -2.35. The van der Waals surface area contributed by atoms with Crippen LogP contribution >= 0.6 is 0 Å². The summed E-state index contributed by atoms with van der Waals surface area (Å²) in [6.45, 7) is 4.56. The van der Waals surface area contributed by atoms with E-state index in [2.05, 4.69) is 19.1 Å². The van der Waals surface area contributed by atoms with E-state index in [9.17, 15) is 14.7 Å². The van der Waals surface area contributed by atoms with Gasteiger partial charge in [0.25, 0.3) is 5.91 Å². The average Bonchev–Trinajstić information content (AvgIpc) is 3.19. The molecule has 5 heteroatoms. The first-order chi connectivity index (χ1) is 11.9. The van der Waals surface area contributed by atoms with Crippen LogP contribution in [0, 0.1) is 0 Å². The van der Waals surface area contributed by atoms with Crippen LogP contribution in [0.3, 0.4) is 0 Å². The summed E-state index contributed by atoms with van der Waals surface area (Å²) in [5.41, 5.74) is 0.973. The number of carboxylic acid groups (broad SMARTS) is 1. The first kappa shape index (κ1) is 17.3. The first-order valence-corrected chi connectivity index (χ1v) is 8.66. The molecule has 1 unspecified atom stereocenters. The molecule has 132 valence electrons. The quantitative estimate of drug-likeness (QED) is 0.898. The third kappa shape index (κ3) is 3.31. The van der Waals surface area contributed by atoms with Crippen molar-refractivity contribution in [1.82, 2.24) is 4.90 Å². The third-order valence-corrected chi connectivity index (χ3v) is 4.99. The van der Waals surface area contributed by atoms with Crippen molar-refractivity contribution in [3.63, 3.8) is 0 Å². The van der Waals surface area contributed by atoms with Crippen molar-refractivity contribution in [3.8, 4) is 0 Å². The number of nitrogens with zero attached hydrogens (tertiary/aromatic N) is 1. The maximum absolute atomic E-state index is 13.0. The van der Waals surface area contributed by atoms with Crippen LogP contribution in [0.15, 0.2) is 40.8 Å². The Hall–Kier alpha value is -2.56. The number of likely N-dealkylation sites (tertiary alicyclic amines) is 1. The summed E-state index contributed by atoms with van der Waals surface area (Å²) in [7, 11) is 0. The Labute approximate surface area is 147 Å². The van der Waals surface area contributed by atoms with E-state index in [-0.39, 0.29) is 22.8 Å². The highest BCUT2D eigenvalue weighted by molar-refractivity contribution is 5.96. The Morgan fingerprint density at radius 2 is 2.00 bits per heavy atom. The molecule has 1 aliphatic heterocycles. The summed E-state index contributed by atoms with van der Waals surface area (Å²) in [6, 6.07) is 11.5. The molecule has 1 saturated heterocycles. The van der Waals surface area contributed by atoms with Crippen molar-refractivity contribution >= 4 is 11.9 Å².